The third-order valence-electron chi connectivity index (χ3n) is 2.25. The highest BCUT2D eigenvalue weighted by molar-refractivity contribution is 5.44. The molecule has 0 amide bonds. The van der Waals surface area contributed by atoms with Gasteiger partial charge in [-0.05, 0) is 36.9 Å². The van der Waals surface area contributed by atoms with Gasteiger partial charge >= 0.3 is 0 Å². The van der Waals surface area contributed by atoms with E-state index in [1.54, 1.807) is 6.20 Å². The van der Waals surface area contributed by atoms with E-state index >= 15 is 0 Å². The Bertz CT molecular complexity index is 260. The molecule has 3 nitrogen and oxygen atoms in total. The number of hydrogen-bond donors (Lipinski definition) is 2. The summed E-state index contributed by atoms with van der Waals surface area (Å²) < 4.78 is 0. The lowest BCUT2D eigenvalue weighted by Gasteiger charge is -2.08. The zero-order valence-corrected chi connectivity index (χ0v) is 8.03. The van der Waals surface area contributed by atoms with Gasteiger partial charge in [0, 0.05) is 18.1 Å². The summed E-state index contributed by atoms with van der Waals surface area (Å²) in [5, 5.41) is 0. The van der Waals surface area contributed by atoms with Crippen LogP contribution < -0.4 is 11.5 Å². The molecule has 0 radical (unpaired) electrons. The van der Waals surface area contributed by atoms with E-state index in [2.05, 4.69) is 11.9 Å². The molecule has 0 fully saturated rings. The van der Waals surface area contributed by atoms with Gasteiger partial charge < -0.3 is 11.5 Å². The predicted molar refractivity (Wildman–Crippen MR) is 55.2 cm³/mol. The minimum atomic E-state index is 0.555. The second kappa shape index (κ2) is 4.82. The molecule has 1 atom stereocenters. The largest absolute Gasteiger partial charge is 0.398 e. The lowest BCUT2D eigenvalue weighted by molar-refractivity contribution is 0.544. The van der Waals surface area contributed by atoms with Gasteiger partial charge in [0.15, 0.2) is 0 Å². The van der Waals surface area contributed by atoms with Crippen LogP contribution in [0.15, 0.2) is 18.5 Å². The molecule has 0 saturated carbocycles. The van der Waals surface area contributed by atoms with Gasteiger partial charge in [-0.15, -0.1) is 0 Å². The van der Waals surface area contributed by atoms with Gasteiger partial charge in [-0.1, -0.05) is 6.92 Å². The normalized spacial score (nSPS) is 12.8. The number of anilines is 1. The third kappa shape index (κ3) is 3.03. The molecule has 1 aromatic heterocycles. The third-order valence-corrected chi connectivity index (χ3v) is 2.25. The Kier molecular flexibility index (Phi) is 3.71. The molecule has 1 aromatic rings. The van der Waals surface area contributed by atoms with Crippen LogP contribution in [0.2, 0.25) is 0 Å². The van der Waals surface area contributed by atoms with Gasteiger partial charge in [0.25, 0.3) is 0 Å². The first-order valence-corrected chi connectivity index (χ1v) is 4.62. The minimum Gasteiger partial charge on any atom is -0.398 e. The highest BCUT2D eigenvalue weighted by Crippen LogP contribution is 2.13. The highest BCUT2D eigenvalue weighted by atomic mass is 14.7. The Morgan fingerprint density at radius 3 is 2.92 bits per heavy atom. The van der Waals surface area contributed by atoms with Crippen molar-refractivity contribution in [3.63, 3.8) is 0 Å². The van der Waals surface area contributed by atoms with Crippen LogP contribution in [0.25, 0.3) is 0 Å². The summed E-state index contributed by atoms with van der Waals surface area (Å²) >= 11 is 0. The van der Waals surface area contributed by atoms with Gasteiger partial charge in [0.2, 0.25) is 0 Å². The van der Waals surface area contributed by atoms with Crippen LogP contribution in [-0.4, -0.2) is 11.5 Å². The Hall–Kier alpha value is -1.09. The zero-order chi connectivity index (χ0) is 9.68. The first-order valence-electron chi connectivity index (χ1n) is 4.62. The standard InChI is InChI=1S/C10H17N3/c1-8(6-11)2-3-9-7-13-5-4-10(9)12/h4-5,7-8H,2-3,6,11H2,1H3,(H2,12,13). The van der Waals surface area contributed by atoms with Crippen molar-refractivity contribution in [2.75, 3.05) is 12.3 Å². The SMILES string of the molecule is CC(CN)CCc1cnccc1N. The second-order valence-corrected chi connectivity index (χ2v) is 3.45. The van der Waals surface area contributed by atoms with E-state index in [1.165, 1.54) is 0 Å². The van der Waals surface area contributed by atoms with E-state index in [1.807, 2.05) is 12.3 Å². The Balaban J connectivity index is 2.50. The summed E-state index contributed by atoms with van der Waals surface area (Å²) in [6.07, 6.45) is 5.59. The molecule has 0 aliphatic rings. The number of aryl methyl sites for hydroxylation is 1. The molecule has 0 saturated heterocycles. The number of nitrogens with two attached hydrogens (primary N) is 2. The van der Waals surface area contributed by atoms with E-state index in [9.17, 15) is 0 Å². The zero-order valence-electron chi connectivity index (χ0n) is 8.03. The summed E-state index contributed by atoms with van der Waals surface area (Å²) in [7, 11) is 0. The van der Waals surface area contributed by atoms with Gasteiger partial charge in [0.1, 0.15) is 0 Å². The van der Waals surface area contributed by atoms with Gasteiger partial charge in [-0.3, -0.25) is 4.98 Å². The van der Waals surface area contributed by atoms with E-state index in [0.717, 1.165) is 30.6 Å². The molecule has 0 aliphatic heterocycles. The summed E-state index contributed by atoms with van der Waals surface area (Å²) in [6, 6.07) is 1.84. The number of rotatable bonds is 4. The van der Waals surface area contributed by atoms with E-state index < -0.39 is 0 Å². The summed E-state index contributed by atoms with van der Waals surface area (Å²) in [6.45, 7) is 2.88. The Morgan fingerprint density at radius 2 is 2.31 bits per heavy atom. The maximum atomic E-state index is 5.78. The molecule has 0 bridgehead atoms. The lowest BCUT2D eigenvalue weighted by Crippen LogP contribution is -2.11. The lowest BCUT2D eigenvalue weighted by atomic mass is 10.0. The van der Waals surface area contributed by atoms with Crippen molar-refractivity contribution in [2.24, 2.45) is 11.7 Å². The van der Waals surface area contributed by atoms with Crippen molar-refractivity contribution in [2.45, 2.75) is 19.8 Å². The molecule has 1 unspecified atom stereocenters. The van der Waals surface area contributed by atoms with E-state index in [4.69, 9.17) is 11.5 Å². The topological polar surface area (TPSA) is 64.9 Å². The summed E-state index contributed by atoms with van der Waals surface area (Å²) in [4.78, 5) is 4.04. The quantitative estimate of drug-likeness (QED) is 0.729. The fourth-order valence-corrected chi connectivity index (χ4v) is 1.17. The van der Waals surface area contributed by atoms with Crippen LogP contribution in [0, 0.1) is 5.92 Å². The van der Waals surface area contributed by atoms with Crippen molar-refractivity contribution in [1.82, 2.24) is 4.98 Å². The smallest absolute Gasteiger partial charge is 0.0377 e. The first kappa shape index (κ1) is 9.99. The highest BCUT2D eigenvalue weighted by Gasteiger charge is 2.02. The molecule has 72 valence electrons. The molecule has 3 heteroatoms. The number of hydrogen-bond acceptors (Lipinski definition) is 3. The first-order chi connectivity index (χ1) is 6.24. The fourth-order valence-electron chi connectivity index (χ4n) is 1.17. The average molecular weight is 179 g/mol. The van der Waals surface area contributed by atoms with E-state index in [-0.39, 0.29) is 0 Å². The number of aromatic nitrogens is 1. The molecular formula is C10H17N3. The second-order valence-electron chi connectivity index (χ2n) is 3.45. The summed E-state index contributed by atoms with van der Waals surface area (Å²) in [5.74, 6) is 0.555. The number of nitrogens with zero attached hydrogens (tertiary/aromatic N) is 1. The van der Waals surface area contributed by atoms with Crippen LogP contribution in [-0.2, 0) is 6.42 Å². The average Bonchev–Trinajstić information content (AvgIpc) is 2.16. The molecule has 1 heterocycles. The van der Waals surface area contributed by atoms with Gasteiger partial charge in [0.05, 0.1) is 0 Å². The van der Waals surface area contributed by atoms with Crippen molar-refractivity contribution >= 4 is 5.69 Å². The molecule has 0 spiro atoms. The minimum absolute atomic E-state index is 0.555. The van der Waals surface area contributed by atoms with Crippen molar-refractivity contribution in [3.05, 3.63) is 24.0 Å². The van der Waals surface area contributed by atoms with Gasteiger partial charge in [-0.2, -0.15) is 0 Å². The molecule has 0 aromatic carbocycles. The molecule has 1 rings (SSSR count). The molecule has 13 heavy (non-hydrogen) atoms. The van der Waals surface area contributed by atoms with Crippen LogP contribution in [0.4, 0.5) is 5.69 Å². The monoisotopic (exact) mass is 179 g/mol. The Morgan fingerprint density at radius 1 is 1.54 bits per heavy atom. The number of pyridine rings is 1. The van der Waals surface area contributed by atoms with Crippen LogP contribution in [0.5, 0.6) is 0 Å². The van der Waals surface area contributed by atoms with Crippen LogP contribution >= 0.6 is 0 Å². The van der Waals surface area contributed by atoms with E-state index in [0.29, 0.717) is 5.92 Å². The maximum Gasteiger partial charge on any atom is 0.0377 e. The maximum absolute atomic E-state index is 5.78. The summed E-state index contributed by atoms with van der Waals surface area (Å²) in [5.41, 5.74) is 13.3. The van der Waals surface area contributed by atoms with Crippen LogP contribution in [0.1, 0.15) is 18.9 Å². The van der Waals surface area contributed by atoms with Crippen molar-refractivity contribution in [1.29, 1.82) is 0 Å². The van der Waals surface area contributed by atoms with Crippen molar-refractivity contribution in [3.8, 4) is 0 Å². The number of nitrogen functional groups attached to an aromatic ring is 1. The molecule has 0 aliphatic carbocycles. The molecule has 4 N–H and O–H groups in total. The molecular weight excluding hydrogens is 162 g/mol. The van der Waals surface area contributed by atoms with Crippen molar-refractivity contribution < 1.29 is 0 Å². The van der Waals surface area contributed by atoms with Gasteiger partial charge in [-0.25, -0.2) is 0 Å². The predicted octanol–water partition coefficient (Wildman–Crippen LogP) is 1.19. The van der Waals surface area contributed by atoms with Crippen LogP contribution in [0.3, 0.4) is 0 Å². The fraction of sp³-hybridized carbons (Fsp3) is 0.500. The Labute approximate surface area is 79.2 Å².